The molecule has 2 bridgehead atoms. The summed E-state index contributed by atoms with van der Waals surface area (Å²) in [5, 5.41) is 3.64. The Labute approximate surface area is 205 Å². The highest BCUT2D eigenvalue weighted by Gasteiger charge is 2.38. The molecule has 2 atom stereocenters. The lowest BCUT2D eigenvalue weighted by Gasteiger charge is -2.45. The average Bonchev–Trinajstić information content (AvgIpc) is 2.81. The monoisotopic (exact) mass is 489 g/mol. The van der Waals surface area contributed by atoms with Gasteiger partial charge < -0.3 is 19.9 Å². The first-order chi connectivity index (χ1) is 15.5. The van der Waals surface area contributed by atoms with Gasteiger partial charge in [-0.3, -0.25) is 9.59 Å². The minimum Gasteiger partial charge on any atom is -0.478 e. The zero-order chi connectivity index (χ0) is 22.2. The molecule has 6 nitrogen and oxygen atoms in total. The molecule has 0 radical (unpaired) electrons. The Morgan fingerprint density at radius 3 is 2.58 bits per heavy atom. The Bertz CT molecular complexity index is 1030. The van der Waals surface area contributed by atoms with Crippen LogP contribution in [0.25, 0.3) is 0 Å². The summed E-state index contributed by atoms with van der Waals surface area (Å²) in [7, 11) is 0. The minimum atomic E-state index is -0.664. The van der Waals surface area contributed by atoms with Gasteiger partial charge in [0.05, 0.1) is 11.3 Å². The molecule has 0 spiro atoms. The molecule has 0 aromatic heterocycles. The van der Waals surface area contributed by atoms with E-state index in [9.17, 15) is 9.59 Å². The molecule has 6 rings (SSSR count). The predicted octanol–water partition coefficient (Wildman–Crippen LogP) is 3.94. The number of hydrogen-bond donors (Lipinski definition) is 1. The third kappa shape index (κ3) is 4.84. The van der Waals surface area contributed by atoms with Crippen molar-refractivity contribution in [3.8, 4) is 5.75 Å². The van der Waals surface area contributed by atoms with Crippen LogP contribution in [0.1, 0.15) is 35.7 Å². The zero-order valence-corrected chi connectivity index (χ0v) is 20.2. The highest BCUT2D eigenvalue weighted by molar-refractivity contribution is 6.31. The summed E-state index contributed by atoms with van der Waals surface area (Å²) in [4.78, 5) is 30.4. The lowest BCUT2D eigenvalue weighted by Crippen LogP contribution is -2.57. The van der Waals surface area contributed by atoms with Crippen LogP contribution in [-0.4, -0.2) is 55.0 Å². The van der Waals surface area contributed by atoms with E-state index in [4.69, 9.17) is 16.3 Å². The van der Waals surface area contributed by atoms with Crippen LogP contribution in [0, 0.1) is 5.92 Å². The first kappa shape index (κ1) is 23.9. The Hall–Kier alpha value is -2.28. The van der Waals surface area contributed by atoms with Crippen LogP contribution in [-0.2, 0) is 11.2 Å². The van der Waals surface area contributed by atoms with Gasteiger partial charge in [-0.05, 0) is 62.9 Å². The maximum atomic E-state index is 13.3. The van der Waals surface area contributed by atoms with Gasteiger partial charge in [0, 0.05) is 24.2 Å². The molecule has 176 valence electrons. The molecule has 4 aliphatic heterocycles. The fourth-order valence-corrected chi connectivity index (χ4v) is 5.34. The number of rotatable bonds is 5. The van der Waals surface area contributed by atoms with Gasteiger partial charge in [0.2, 0.25) is 0 Å². The van der Waals surface area contributed by atoms with Crippen LogP contribution in [0.4, 0.5) is 5.69 Å². The van der Waals surface area contributed by atoms with Gasteiger partial charge in [-0.25, -0.2) is 0 Å². The van der Waals surface area contributed by atoms with Crippen molar-refractivity contribution >= 4 is 41.5 Å². The zero-order valence-electron chi connectivity index (χ0n) is 18.6. The SMILES string of the molecule is CC1Oc2c(C(=O)NC3CN4CCC3CC4)cc(Cl)cc2N(CCc2ccccc2)C1=O.Cl. The Kier molecular flexibility index (Phi) is 7.17. The van der Waals surface area contributed by atoms with Crippen molar-refractivity contribution < 1.29 is 14.3 Å². The molecule has 33 heavy (non-hydrogen) atoms. The van der Waals surface area contributed by atoms with E-state index < -0.39 is 6.10 Å². The van der Waals surface area contributed by atoms with E-state index in [1.165, 1.54) is 0 Å². The van der Waals surface area contributed by atoms with Crippen LogP contribution < -0.4 is 15.0 Å². The number of piperidine rings is 3. The summed E-state index contributed by atoms with van der Waals surface area (Å²) in [5.41, 5.74) is 2.10. The fraction of sp³-hybridized carbons (Fsp3) is 0.440. The van der Waals surface area contributed by atoms with Crippen molar-refractivity contribution in [3.05, 3.63) is 58.6 Å². The molecule has 8 heteroatoms. The van der Waals surface area contributed by atoms with E-state index in [2.05, 4.69) is 10.2 Å². The molecule has 2 unspecified atom stereocenters. The molecule has 4 heterocycles. The quantitative estimate of drug-likeness (QED) is 0.690. The number of fused-ring (bicyclic) bond motifs is 4. The highest BCUT2D eigenvalue weighted by Crippen LogP contribution is 2.40. The lowest BCUT2D eigenvalue weighted by molar-refractivity contribution is -0.125. The van der Waals surface area contributed by atoms with Gasteiger partial charge >= 0.3 is 0 Å². The molecular weight excluding hydrogens is 461 g/mol. The third-order valence-electron chi connectivity index (χ3n) is 6.92. The van der Waals surface area contributed by atoms with Crippen molar-refractivity contribution in [3.63, 3.8) is 0 Å². The number of hydrogen-bond acceptors (Lipinski definition) is 4. The Morgan fingerprint density at radius 1 is 1.18 bits per heavy atom. The highest BCUT2D eigenvalue weighted by atomic mass is 35.5. The first-order valence-corrected chi connectivity index (χ1v) is 11.8. The van der Waals surface area contributed by atoms with Crippen molar-refractivity contribution in [2.75, 3.05) is 31.1 Å². The number of anilines is 1. The van der Waals surface area contributed by atoms with Crippen molar-refractivity contribution in [1.29, 1.82) is 0 Å². The van der Waals surface area contributed by atoms with Crippen LogP contribution >= 0.6 is 24.0 Å². The van der Waals surface area contributed by atoms with Gasteiger partial charge in [0.1, 0.15) is 0 Å². The second-order valence-electron chi connectivity index (χ2n) is 9.01. The number of nitrogens with one attached hydrogen (secondary N) is 1. The number of benzene rings is 2. The van der Waals surface area contributed by atoms with Gasteiger partial charge in [-0.1, -0.05) is 41.9 Å². The first-order valence-electron chi connectivity index (χ1n) is 11.4. The van der Waals surface area contributed by atoms with Crippen LogP contribution in [0.15, 0.2) is 42.5 Å². The molecule has 0 aliphatic carbocycles. The summed E-state index contributed by atoms with van der Waals surface area (Å²) in [6.45, 7) is 5.33. The molecular formula is C25H29Cl2N3O3. The van der Waals surface area contributed by atoms with Crippen molar-refractivity contribution in [2.45, 2.75) is 38.3 Å². The molecule has 3 saturated heterocycles. The third-order valence-corrected chi connectivity index (χ3v) is 7.14. The molecule has 2 amide bonds. The number of nitrogens with zero attached hydrogens (tertiary/aromatic N) is 2. The Morgan fingerprint density at radius 2 is 1.91 bits per heavy atom. The van der Waals surface area contributed by atoms with Crippen LogP contribution in [0.5, 0.6) is 5.75 Å². The maximum absolute atomic E-state index is 13.3. The standard InChI is InChI=1S/C25H28ClN3O3.ClH/c1-16-25(31)29(12-7-17-5-3-2-4-6-17)22-14-19(26)13-20(23(22)32-16)24(30)27-21-15-28-10-8-18(21)9-11-28;/h2-6,13-14,16,18,21H,7-12,15H2,1H3,(H,27,30);1H. The van der Waals surface area contributed by atoms with Crippen molar-refractivity contribution in [2.24, 2.45) is 5.92 Å². The average molecular weight is 490 g/mol. The summed E-state index contributed by atoms with van der Waals surface area (Å²) in [5.74, 6) is 0.641. The normalized spacial score (nSPS) is 25.6. The summed E-state index contributed by atoms with van der Waals surface area (Å²) < 4.78 is 5.96. The van der Waals surface area contributed by atoms with E-state index >= 15 is 0 Å². The Balaban J connectivity index is 0.00000259. The van der Waals surface area contributed by atoms with Gasteiger partial charge in [0.15, 0.2) is 11.9 Å². The number of ether oxygens (including phenoxy) is 1. The van der Waals surface area contributed by atoms with E-state index in [1.807, 2.05) is 30.3 Å². The van der Waals surface area contributed by atoms with E-state index in [1.54, 1.807) is 24.0 Å². The summed E-state index contributed by atoms with van der Waals surface area (Å²) >= 11 is 6.42. The topological polar surface area (TPSA) is 61.9 Å². The van der Waals surface area contributed by atoms with Crippen LogP contribution in [0.2, 0.25) is 5.02 Å². The second-order valence-corrected chi connectivity index (χ2v) is 9.44. The summed E-state index contributed by atoms with van der Waals surface area (Å²) in [6, 6.07) is 13.5. The lowest BCUT2D eigenvalue weighted by atomic mass is 9.84. The smallest absolute Gasteiger partial charge is 0.267 e. The van der Waals surface area contributed by atoms with E-state index in [0.29, 0.717) is 40.9 Å². The molecule has 0 saturated carbocycles. The number of amides is 2. The molecule has 3 fully saturated rings. The van der Waals surface area contributed by atoms with E-state index in [-0.39, 0.29) is 30.3 Å². The molecule has 1 N–H and O–H groups in total. The van der Waals surface area contributed by atoms with Crippen molar-refractivity contribution in [1.82, 2.24) is 10.2 Å². The minimum absolute atomic E-state index is 0. The molecule has 2 aromatic carbocycles. The number of carbonyl (C=O) groups excluding carboxylic acids is 2. The molecule has 4 aliphatic rings. The van der Waals surface area contributed by atoms with Crippen LogP contribution in [0.3, 0.4) is 0 Å². The fourth-order valence-electron chi connectivity index (χ4n) is 5.13. The van der Waals surface area contributed by atoms with E-state index in [0.717, 1.165) is 38.0 Å². The predicted molar refractivity (Wildman–Crippen MR) is 132 cm³/mol. The largest absolute Gasteiger partial charge is 0.478 e. The second kappa shape index (κ2) is 9.92. The van der Waals surface area contributed by atoms with Gasteiger partial charge in [-0.2, -0.15) is 0 Å². The number of carbonyl (C=O) groups is 2. The molecule has 2 aromatic rings. The van der Waals surface area contributed by atoms with Gasteiger partial charge in [0.25, 0.3) is 11.8 Å². The summed E-state index contributed by atoms with van der Waals surface area (Å²) in [6.07, 6.45) is 2.27. The van der Waals surface area contributed by atoms with Gasteiger partial charge in [-0.15, -0.1) is 12.4 Å². The maximum Gasteiger partial charge on any atom is 0.267 e. The number of halogens is 2.